The monoisotopic (exact) mass is 328 g/mol. The second kappa shape index (κ2) is 4.68. The number of carbonyl (C=O) groups excluding carboxylic acids is 1. The van der Waals surface area contributed by atoms with Crippen molar-refractivity contribution in [1.82, 2.24) is 9.21 Å². The van der Waals surface area contributed by atoms with Gasteiger partial charge in [0.05, 0.1) is 17.3 Å². The fourth-order valence-corrected chi connectivity index (χ4v) is 5.99. The van der Waals surface area contributed by atoms with Crippen molar-refractivity contribution in [3.05, 3.63) is 0 Å². The van der Waals surface area contributed by atoms with Gasteiger partial charge in [-0.1, -0.05) is 0 Å². The Labute approximate surface area is 131 Å². The minimum atomic E-state index is -3.08. The number of rotatable bonds is 4. The average molecular weight is 328 g/mol. The van der Waals surface area contributed by atoms with Gasteiger partial charge in [0.25, 0.3) is 0 Å². The van der Waals surface area contributed by atoms with Gasteiger partial charge in [0, 0.05) is 31.6 Å². The standard InChI is InChI=1S/C15H24N2O4S/c18-13(8-15(19)4-1-5-15)16-9-14(10-16)6-7-17(11-14)22(20,21)12-2-3-12/h12,19H,1-11H2. The minimum absolute atomic E-state index is 0.0244. The maximum absolute atomic E-state index is 12.3. The van der Waals surface area contributed by atoms with Crippen molar-refractivity contribution < 1.29 is 18.3 Å². The van der Waals surface area contributed by atoms with Gasteiger partial charge >= 0.3 is 0 Å². The number of sulfonamides is 1. The second-order valence-corrected chi connectivity index (χ2v) is 10.0. The van der Waals surface area contributed by atoms with Crippen molar-refractivity contribution in [2.24, 2.45) is 5.41 Å². The molecule has 124 valence electrons. The molecule has 0 aromatic rings. The first-order valence-electron chi connectivity index (χ1n) is 8.31. The van der Waals surface area contributed by atoms with Crippen LogP contribution in [0.4, 0.5) is 0 Å². The van der Waals surface area contributed by atoms with Crippen LogP contribution in [0.15, 0.2) is 0 Å². The molecule has 2 aliphatic carbocycles. The zero-order valence-corrected chi connectivity index (χ0v) is 13.6. The molecule has 4 aliphatic rings. The van der Waals surface area contributed by atoms with Gasteiger partial charge in [0.2, 0.25) is 15.9 Å². The molecule has 0 aromatic carbocycles. The number of likely N-dealkylation sites (tertiary alicyclic amines) is 1. The zero-order valence-electron chi connectivity index (χ0n) is 12.8. The second-order valence-electron chi connectivity index (χ2n) is 7.83. The normalized spacial score (nSPS) is 30.1. The maximum Gasteiger partial charge on any atom is 0.225 e. The molecule has 1 N–H and O–H groups in total. The Bertz CT molecular complexity index is 589. The van der Waals surface area contributed by atoms with Crippen LogP contribution in [-0.2, 0) is 14.8 Å². The quantitative estimate of drug-likeness (QED) is 0.806. The first kappa shape index (κ1) is 14.9. The van der Waals surface area contributed by atoms with Gasteiger partial charge in [-0.2, -0.15) is 0 Å². The van der Waals surface area contributed by atoms with Gasteiger partial charge in [0.1, 0.15) is 0 Å². The molecule has 22 heavy (non-hydrogen) atoms. The summed E-state index contributed by atoms with van der Waals surface area (Å²) in [5.41, 5.74) is -0.795. The molecule has 4 fully saturated rings. The Morgan fingerprint density at radius 1 is 1.14 bits per heavy atom. The molecule has 0 atom stereocenters. The predicted molar refractivity (Wildman–Crippen MR) is 80.6 cm³/mol. The average Bonchev–Trinajstić information content (AvgIpc) is 3.14. The van der Waals surface area contributed by atoms with Crippen LogP contribution in [0.3, 0.4) is 0 Å². The van der Waals surface area contributed by atoms with Crippen LogP contribution >= 0.6 is 0 Å². The fraction of sp³-hybridized carbons (Fsp3) is 0.933. The van der Waals surface area contributed by atoms with Crippen LogP contribution in [0.1, 0.15) is 44.9 Å². The predicted octanol–water partition coefficient (Wildman–Crippen LogP) is 0.318. The summed E-state index contributed by atoms with van der Waals surface area (Å²) in [6.45, 7) is 2.47. The van der Waals surface area contributed by atoms with E-state index in [2.05, 4.69) is 0 Å². The van der Waals surface area contributed by atoms with E-state index < -0.39 is 15.6 Å². The molecule has 7 heteroatoms. The van der Waals surface area contributed by atoms with Gasteiger partial charge in [-0.15, -0.1) is 0 Å². The lowest BCUT2D eigenvalue weighted by Crippen LogP contribution is -2.61. The molecule has 2 saturated heterocycles. The third kappa shape index (κ3) is 2.37. The molecule has 1 spiro atoms. The number of hydrogen-bond acceptors (Lipinski definition) is 4. The van der Waals surface area contributed by atoms with E-state index in [4.69, 9.17) is 0 Å². The van der Waals surface area contributed by atoms with Gasteiger partial charge in [0.15, 0.2) is 0 Å². The highest BCUT2D eigenvalue weighted by molar-refractivity contribution is 7.90. The molecule has 0 bridgehead atoms. The highest BCUT2D eigenvalue weighted by Crippen LogP contribution is 2.44. The van der Waals surface area contributed by atoms with E-state index in [1.54, 1.807) is 9.21 Å². The van der Waals surface area contributed by atoms with Crippen molar-refractivity contribution in [3.8, 4) is 0 Å². The van der Waals surface area contributed by atoms with Gasteiger partial charge < -0.3 is 10.0 Å². The summed E-state index contributed by atoms with van der Waals surface area (Å²) in [6.07, 6.45) is 5.14. The Kier molecular flexibility index (Phi) is 3.17. The topological polar surface area (TPSA) is 77.9 Å². The van der Waals surface area contributed by atoms with Crippen LogP contribution in [0, 0.1) is 5.41 Å². The van der Waals surface area contributed by atoms with Crippen molar-refractivity contribution in [3.63, 3.8) is 0 Å². The van der Waals surface area contributed by atoms with Crippen LogP contribution in [0.5, 0.6) is 0 Å². The first-order valence-corrected chi connectivity index (χ1v) is 9.82. The summed E-state index contributed by atoms with van der Waals surface area (Å²) >= 11 is 0. The summed E-state index contributed by atoms with van der Waals surface area (Å²) < 4.78 is 26.2. The Morgan fingerprint density at radius 2 is 1.82 bits per heavy atom. The molecule has 2 heterocycles. The number of aliphatic hydroxyl groups is 1. The van der Waals surface area contributed by atoms with Crippen molar-refractivity contribution in [1.29, 1.82) is 0 Å². The Morgan fingerprint density at radius 3 is 2.36 bits per heavy atom. The summed E-state index contributed by atoms with van der Waals surface area (Å²) in [7, 11) is -3.08. The SMILES string of the molecule is O=C(CC1(O)CCC1)N1CC2(CCN(S(=O)(=O)C3CC3)C2)C1. The first-order chi connectivity index (χ1) is 10.3. The third-order valence-electron chi connectivity index (χ3n) is 5.88. The van der Waals surface area contributed by atoms with E-state index in [9.17, 15) is 18.3 Å². The summed E-state index contributed by atoms with van der Waals surface area (Å²) in [5.74, 6) is 0.0244. The summed E-state index contributed by atoms with van der Waals surface area (Å²) in [4.78, 5) is 14.0. The summed E-state index contributed by atoms with van der Waals surface area (Å²) in [5, 5.41) is 9.94. The lowest BCUT2D eigenvalue weighted by Gasteiger charge is -2.49. The van der Waals surface area contributed by atoms with E-state index >= 15 is 0 Å². The van der Waals surface area contributed by atoms with Gasteiger partial charge in [-0.3, -0.25) is 4.79 Å². The number of amides is 1. The van der Waals surface area contributed by atoms with E-state index in [-0.39, 0.29) is 23.0 Å². The van der Waals surface area contributed by atoms with Gasteiger partial charge in [-0.25, -0.2) is 12.7 Å². The van der Waals surface area contributed by atoms with Crippen LogP contribution in [0.2, 0.25) is 0 Å². The fourth-order valence-electron chi connectivity index (χ4n) is 4.04. The van der Waals surface area contributed by atoms with Crippen LogP contribution in [0.25, 0.3) is 0 Å². The summed E-state index contributed by atoms with van der Waals surface area (Å²) in [6, 6.07) is 0. The number of carbonyl (C=O) groups is 1. The highest BCUT2D eigenvalue weighted by atomic mass is 32.2. The molecule has 2 aliphatic heterocycles. The van der Waals surface area contributed by atoms with Gasteiger partial charge in [-0.05, 0) is 38.5 Å². The molecule has 6 nitrogen and oxygen atoms in total. The molecule has 2 saturated carbocycles. The number of hydrogen-bond donors (Lipinski definition) is 1. The van der Waals surface area contributed by atoms with Crippen LogP contribution < -0.4 is 0 Å². The van der Waals surface area contributed by atoms with Crippen molar-refractivity contribution in [2.45, 2.75) is 55.8 Å². The molecular weight excluding hydrogens is 304 g/mol. The Hall–Kier alpha value is -0.660. The molecular formula is C15H24N2O4S. The Balaban J connectivity index is 1.32. The highest BCUT2D eigenvalue weighted by Gasteiger charge is 2.54. The lowest BCUT2D eigenvalue weighted by molar-refractivity contribution is -0.151. The number of nitrogens with zero attached hydrogens (tertiary/aromatic N) is 2. The van der Waals surface area contributed by atoms with E-state index in [1.807, 2.05) is 0 Å². The third-order valence-corrected chi connectivity index (χ3v) is 8.22. The molecule has 1 amide bonds. The lowest BCUT2D eigenvalue weighted by atomic mass is 9.75. The maximum atomic E-state index is 12.3. The smallest absolute Gasteiger partial charge is 0.225 e. The van der Waals surface area contributed by atoms with Crippen LogP contribution in [-0.4, -0.2) is 65.7 Å². The zero-order chi connectivity index (χ0) is 15.6. The van der Waals surface area contributed by atoms with E-state index in [0.717, 1.165) is 38.5 Å². The largest absolute Gasteiger partial charge is 0.389 e. The molecule has 0 unspecified atom stereocenters. The van der Waals surface area contributed by atoms with Crippen molar-refractivity contribution in [2.75, 3.05) is 26.2 Å². The van der Waals surface area contributed by atoms with E-state index in [1.165, 1.54) is 0 Å². The minimum Gasteiger partial charge on any atom is -0.389 e. The molecule has 0 aromatic heterocycles. The molecule has 4 rings (SSSR count). The van der Waals surface area contributed by atoms with E-state index in [0.29, 0.717) is 26.2 Å². The van der Waals surface area contributed by atoms with Crippen molar-refractivity contribution >= 4 is 15.9 Å². The molecule has 0 radical (unpaired) electrons.